The Morgan fingerprint density at radius 1 is 1.10 bits per heavy atom. The Labute approximate surface area is 121 Å². The van der Waals surface area contributed by atoms with Crippen LogP contribution in [-0.4, -0.2) is 36.7 Å². The predicted octanol–water partition coefficient (Wildman–Crippen LogP) is 1.19. The molecule has 1 aromatic heterocycles. The van der Waals surface area contributed by atoms with E-state index in [9.17, 15) is 0 Å². The van der Waals surface area contributed by atoms with Gasteiger partial charge in [0.1, 0.15) is 11.8 Å². The van der Waals surface area contributed by atoms with E-state index in [1.165, 1.54) is 71.1 Å². The minimum Gasteiger partial charge on any atom is -0.449 e. The molecule has 112 valence electrons. The molecule has 0 radical (unpaired) electrons. The lowest BCUT2D eigenvalue weighted by atomic mass is 9.82. The van der Waals surface area contributed by atoms with Crippen LogP contribution < -0.4 is 10.2 Å². The van der Waals surface area contributed by atoms with Crippen molar-refractivity contribution in [3.05, 3.63) is 18.4 Å². The molecule has 3 saturated heterocycles. The second kappa shape index (κ2) is 6.72. The monoisotopic (exact) mass is 278 g/mol. The average Bonchev–Trinajstić information content (AvgIpc) is 2.91. The summed E-state index contributed by atoms with van der Waals surface area (Å²) in [6.45, 7) is 5.22. The van der Waals surface area contributed by atoms with Crippen LogP contribution >= 0.6 is 0 Å². The number of rotatable bonds is 2. The van der Waals surface area contributed by atoms with Crippen LogP contribution in [0.4, 0.5) is 0 Å². The van der Waals surface area contributed by atoms with Crippen molar-refractivity contribution in [1.82, 2.24) is 10.3 Å². The van der Waals surface area contributed by atoms with Gasteiger partial charge in [-0.25, -0.2) is 4.98 Å². The molecule has 1 aromatic rings. The highest BCUT2D eigenvalue weighted by molar-refractivity contribution is 4.97. The number of oxazole rings is 1. The van der Waals surface area contributed by atoms with Gasteiger partial charge in [-0.3, -0.25) is 0 Å². The minimum atomic E-state index is 0.519. The molecule has 2 unspecified atom stereocenters. The molecular formula is C16H28N3O+. The zero-order chi connectivity index (χ0) is 13.7. The molecule has 3 aliphatic rings. The van der Waals surface area contributed by atoms with Crippen molar-refractivity contribution in [2.24, 2.45) is 0 Å². The maximum absolute atomic E-state index is 5.32. The fourth-order valence-corrected chi connectivity index (χ4v) is 3.90. The first-order valence-corrected chi connectivity index (χ1v) is 8.33. The fourth-order valence-electron chi connectivity index (χ4n) is 3.90. The van der Waals surface area contributed by atoms with E-state index < -0.39 is 0 Å². The summed E-state index contributed by atoms with van der Waals surface area (Å²) in [6, 6.07) is 0. The summed E-state index contributed by atoms with van der Waals surface area (Å²) in [7, 11) is 0. The van der Waals surface area contributed by atoms with Crippen molar-refractivity contribution < 1.29 is 9.32 Å². The first-order chi connectivity index (χ1) is 9.89. The molecule has 3 fully saturated rings. The number of fused-ring (bicyclic) bond motifs is 1. The van der Waals surface area contributed by atoms with Crippen LogP contribution in [0.2, 0.25) is 0 Å². The third-order valence-electron chi connectivity index (χ3n) is 5.22. The molecule has 2 N–H and O–H groups in total. The van der Waals surface area contributed by atoms with E-state index in [4.69, 9.17) is 4.42 Å². The second-order valence-electron chi connectivity index (χ2n) is 6.50. The average molecular weight is 278 g/mol. The van der Waals surface area contributed by atoms with E-state index in [2.05, 4.69) is 10.3 Å². The molecule has 3 aliphatic heterocycles. The number of quaternary nitrogens is 1. The summed E-state index contributed by atoms with van der Waals surface area (Å²) >= 11 is 0. The highest BCUT2D eigenvalue weighted by atomic mass is 16.3. The highest BCUT2D eigenvalue weighted by Gasteiger charge is 2.53. The molecule has 2 atom stereocenters. The number of aromatic nitrogens is 1. The molecule has 0 aromatic carbocycles. The van der Waals surface area contributed by atoms with Crippen molar-refractivity contribution in [1.29, 1.82) is 0 Å². The number of nitrogens with one attached hydrogen (secondary N) is 2. The molecular weight excluding hydrogens is 250 g/mol. The zero-order valence-corrected chi connectivity index (χ0v) is 12.5. The molecule has 4 nitrogen and oxygen atoms in total. The summed E-state index contributed by atoms with van der Waals surface area (Å²) in [5.41, 5.74) is 0.519. The van der Waals surface area contributed by atoms with Crippen LogP contribution in [0.15, 0.2) is 16.9 Å². The van der Waals surface area contributed by atoms with E-state index in [-0.39, 0.29) is 0 Å². The lowest BCUT2D eigenvalue weighted by Gasteiger charge is -2.43. The van der Waals surface area contributed by atoms with Crippen molar-refractivity contribution in [3.8, 4) is 0 Å². The van der Waals surface area contributed by atoms with Gasteiger partial charge in [0.05, 0.1) is 32.1 Å². The maximum Gasteiger partial charge on any atom is 0.200 e. The SMILES string of the molecule is C1CCCNCC1.c1coc(CC23CCC[NH+]2CC3)n1. The van der Waals surface area contributed by atoms with E-state index in [0.717, 1.165) is 12.3 Å². The summed E-state index contributed by atoms with van der Waals surface area (Å²) in [6.07, 6.45) is 14.2. The quantitative estimate of drug-likeness (QED) is 0.854. The smallest absolute Gasteiger partial charge is 0.200 e. The van der Waals surface area contributed by atoms with E-state index >= 15 is 0 Å². The molecule has 20 heavy (non-hydrogen) atoms. The molecule has 4 rings (SSSR count). The van der Waals surface area contributed by atoms with E-state index in [1.807, 2.05) is 0 Å². The molecule has 0 saturated carbocycles. The van der Waals surface area contributed by atoms with Crippen molar-refractivity contribution in [2.75, 3.05) is 26.2 Å². The van der Waals surface area contributed by atoms with Crippen LogP contribution in [0.5, 0.6) is 0 Å². The van der Waals surface area contributed by atoms with Gasteiger partial charge in [-0.15, -0.1) is 0 Å². The number of hydrogen-bond acceptors (Lipinski definition) is 3. The lowest BCUT2D eigenvalue weighted by Crippen LogP contribution is -3.24. The molecule has 4 heteroatoms. The van der Waals surface area contributed by atoms with Crippen LogP contribution in [0.25, 0.3) is 0 Å². The van der Waals surface area contributed by atoms with Crippen molar-refractivity contribution >= 4 is 0 Å². The predicted molar refractivity (Wildman–Crippen MR) is 78.8 cm³/mol. The summed E-state index contributed by atoms with van der Waals surface area (Å²) in [5.74, 6) is 0.930. The van der Waals surface area contributed by atoms with Crippen LogP contribution in [0, 0.1) is 0 Å². The Kier molecular flexibility index (Phi) is 4.73. The molecule has 0 amide bonds. The van der Waals surface area contributed by atoms with Crippen LogP contribution in [-0.2, 0) is 6.42 Å². The summed E-state index contributed by atoms with van der Waals surface area (Å²) < 4.78 is 5.32. The Bertz CT molecular complexity index is 373. The Balaban J connectivity index is 0.000000147. The normalized spacial score (nSPS) is 32.5. The van der Waals surface area contributed by atoms with Gasteiger partial charge in [-0.1, -0.05) is 12.8 Å². The van der Waals surface area contributed by atoms with E-state index in [0.29, 0.717) is 5.54 Å². The van der Waals surface area contributed by atoms with Gasteiger partial charge in [0.15, 0.2) is 5.89 Å². The number of hydrogen-bond donors (Lipinski definition) is 2. The molecule has 4 heterocycles. The molecule has 0 aliphatic carbocycles. The third kappa shape index (κ3) is 3.23. The van der Waals surface area contributed by atoms with Gasteiger partial charge < -0.3 is 14.6 Å². The van der Waals surface area contributed by atoms with Gasteiger partial charge in [0.2, 0.25) is 0 Å². The summed E-state index contributed by atoms with van der Waals surface area (Å²) in [5, 5.41) is 3.35. The van der Waals surface area contributed by atoms with Gasteiger partial charge >= 0.3 is 0 Å². The van der Waals surface area contributed by atoms with Crippen LogP contribution in [0.1, 0.15) is 50.8 Å². The lowest BCUT2D eigenvalue weighted by molar-refractivity contribution is -0.983. The zero-order valence-electron chi connectivity index (χ0n) is 12.5. The largest absolute Gasteiger partial charge is 0.449 e. The molecule has 0 bridgehead atoms. The van der Waals surface area contributed by atoms with Gasteiger partial charge in [-0.2, -0.15) is 0 Å². The second-order valence-corrected chi connectivity index (χ2v) is 6.50. The van der Waals surface area contributed by atoms with Gasteiger partial charge in [-0.05, 0) is 25.9 Å². The number of nitrogens with zero attached hydrogens (tertiary/aromatic N) is 1. The highest BCUT2D eigenvalue weighted by Crippen LogP contribution is 2.27. The van der Waals surface area contributed by atoms with Crippen molar-refractivity contribution in [3.63, 3.8) is 0 Å². The Morgan fingerprint density at radius 3 is 2.55 bits per heavy atom. The first-order valence-electron chi connectivity index (χ1n) is 8.33. The molecule has 0 spiro atoms. The Hall–Kier alpha value is -0.870. The first kappa shape index (κ1) is 14.1. The minimum absolute atomic E-state index is 0.519. The van der Waals surface area contributed by atoms with Gasteiger partial charge in [0, 0.05) is 12.8 Å². The standard InChI is InChI=1S/C10H14N2O.C6H13N/c1-2-10(3-6-12(10)5-1)8-9-11-4-7-13-9;1-2-4-6-7-5-3-1/h4,7H,1-3,5-6,8H2;7H,1-6H2/p+1. The maximum atomic E-state index is 5.32. The third-order valence-corrected chi connectivity index (χ3v) is 5.22. The Morgan fingerprint density at radius 2 is 1.95 bits per heavy atom. The topological polar surface area (TPSA) is 42.5 Å². The van der Waals surface area contributed by atoms with Gasteiger partial charge in [0.25, 0.3) is 0 Å². The van der Waals surface area contributed by atoms with Crippen LogP contribution in [0.3, 0.4) is 0 Å². The van der Waals surface area contributed by atoms with E-state index in [1.54, 1.807) is 17.4 Å². The fraction of sp³-hybridized carbons (Fsp3) is 0.812. The van der Waals surface area contributed by atoms with Crippen molar-refractivity contribution in [2.45, 2.75) is 56.9 Å². The summed E-state index contributed by atoms with van der Waals surface area (Å²) in [4.78, 5) is 6.00.